The molecule has 0 atom stereocenters. The number of alkyl halides is 3. The Hall–Kier alpha value is -1.87. The SMILES string of the molecule is O=C([O-])CCCCN1C(=O)/C(=C\c2ccc(C(F)(F)F)cc2)SC1=S. The fourth-order valence-electron chi connectivity index (χ4n) is 2.15. The molecule has 1 amide bonds. The molecule has 1 fully saturated rings. The molecule has 134 valence electrons. The van der Waals surface area contributed by atoms with Gasteiger partial charge in [-0.2, -0.15) is 13.2 Å². The molecule has 0 unspecified atom stereocenters. The number of thiocarbonyl (C=S) groups is 1. The van der Waals surface area contributed by atoms with E-state index in [1.807, 2.05) is 0 Å². The predicted molar refractivity (Wildman–Crippen MR) is 90.2 cm³/mol. The first-order chi connectivity index (χ1) is 11.7. The van der Waals surface area contributed by atoms with Crippen LogP contribution in [0.1, 0.15) is 30.4 Å². The van der Waals surface area contributed by atoms with Gasteiger partial charge >= 0.3 is 6.18 Å². The van der Waals surface area contributed by atoms with Crippen molar-refractivity contribution in [3.05, 3.63) is 40.3 Å². The van der Waals surface area contributed by atoms with Gasteiger partial charge in [-0.3, -0.25) is 9.69 Å². The Morgan fingerprint density at radius 2 is 1.88 bits per heavy atom. The van der Waals surface area contributed by atoms with Gasteiger partial charge in [-0.15, -0.1) is 0 Å². The number of thioether (sulfide) groups is 1. The number of aliphatic carboxylic acids is 1. The number of carboxylic acids is 1. The molecule has 2 rings (SSSR count). The van der Waals surface area contributed by atoms with Crippen molar-refractivity contribution in [1.29, 1.82) is 0 Å². The second-order valence-electron chi connectivity index (χ2n) is 5.28. The third-order valence-electron chi connectivity index (χ3n) is 3.42. The van der Waals surface area contributed by atoms with Crippen molar-refractivity contribution in [3.63, 3.8) is 0 Å². The fourth-order valence-corrected chi connectivity index (χ4v) is 3.46. The van der Waals surface area contributed by atoms with Crippen LogP contribution in [0.15, 0.2) is 29.2 Å². The zero-order chi connectivity index (χ0) is 18.6. The molecule has 4 nitrogen and oxygen atoms in total. The van der Waals surface area contributed by atoms with Gasteiger partial charge in [0.05, 0.1) is 10.5 Å². The minimum absolute atomic E-state index is 0.0871. The van der Waals surface area contributed by atoms with Gasteiger partial charge in [0.25, 0.3) is 5.91 Å². The minimum Gasteiger partial charge on any atom is -0.550 e. The molecule has 0 saturated carbocycles. The molecule has 25 heavy (non-hydrogen) atoms. The summed E-state index contributed by atoms with van der Waals surface area (Å²) in [6, 6.07) is 4.48. The third-order valence-corrected chi connectivity index (χ3v) is 4.80. The van der Waals surface area contributed by atoms with Crippen molar-refractivity contribution in [1.82, 2.24) is 4.90 Å². The first-order valence-corrected chi connectivity index (χ1v) is 8.53. The Balaban J connectivity index is 2.03. The standard InChI is InChI=1S/C16H14F3NO3S2/c17-16(18,19)11-6-4-10(5-7-11)9-12-14(23)20(15(24)25-12)8-2-1-3-13(21)22/h4-7,9H,1-3,8H2,(H,21,22)/p-1/b12-9+. The number of benzene rings is 1. The molecular weight excluding hydrogens is 375 g/mol. The average molecular weight is 388 g/mol. The zero-order valence-electron chi connectivity index (χ0n) is 12.8. The molecule has 1 aromatic carbocycles. The molecule has 0 N–H and O–H groups in total. The van der Waals surface area contributed by atoms with Crippen LogP contribution >= 0.6 is 24.0 Å². The van der Waals surface area contributed by atoms with Crippen molar-refractivity contribution < 1.29 is 27.9 Å². The highest BCUT2D eigenvalue weighted by atomic mass is 32.2. The smallest absolute Gasteiger partial charge is 0.416 e. The van der Waals surface area contributed by atoms with Crippen molar-refractivity contribution in [2.75, 3.05) is 6.54 Å². The molecule has 0 radical (unpaired) electrons. The van der Waals surface area contributed by atoms with Crippen LogP contribution in [-0.4, -0.2) is 27.6 Å². The molecule has 1 saturated heterocycles. The van der Waals surface area contributed by atoms with Crippen LogP contribution in [0.5, 0.6) is 0 Å². The van der Waals surface area contributed by atoms with Gasteiger partial charge in [0.1, 0.15) is 4.32 Å². The summed E-state index contributed by atoms with van der Waals surface area (Å²) in [4.78, 5) is 24.4. The van der Waals surface area contributed by atoms with E-state index in [1.165, 1.54) is 23.1 Å². The van der Waals surface area contributed by atoms with Crippen molar-refractivity contribution in [2.45, 2.75) is 25.4 Å². The number of hydrogen-bond acceptors (Lipinski definition) is 5. The van der Waals surface area contributed by atoms with Crippen molar-refractivity contribution in [3.8, 4) is 0 Å². The van der Waals surface area contributed by atoms with Crippen LogP contribution < -0.4 is 5.11 Å². The van der Waals surface area contributed by atoms with Crippen LogP contribution in [0.3, 0.4) is 0 Å². The number of carbonyl (C=O) groups excluding carboxylic acids is 2. The van der Waals surface area contributed by atoms with Crippen LogP contribution in [0, 0.1) is 0 Å². The summed E-state index contributed by atoms with van der Waals surface area (Å²) in [6.45, 7) is 0.294. The summed E-state index contributed by atoms with van der Waals surface area (Å²) in [5.74, 6) is -1.48. The predicted octanol–water partition coefficient (Wildman–Crippen LogP) is 2.83. The highest BCUT2D eigenvalue weighted by Crippen LogP contribution is 2.34. The molecule has 9 heteroatoms. The average Bonchev–Trinajstić information content (AvgIpc) is 2.78. The summed E-state index contributed by atoms with van der Waals surface area (Å²) >= 11 is 6.20. The topological polar surface area (TPSA) is 60.4 Å². The zero-order valence-corrected chi connectivity index (χ0v) is 14.5. The highest BCUT2D eigenvalue weighted by Gasteiger charge is 2.32. The normalized spacial score (nSPS) is 16.8. The van der Waals surface area contributed by atoms with E-state index in [0.29, 0.717) is 34.2 Å². The van der Waals surface area contributed by atoms with Gasteiger partial charge in [0, 0.05) is 12.5 Å². The Morgan fingerprint density at radius 1 is 1.24 bits per heavy atom. The Kier molecular flexibility index (Phi) is 6.23. The van der Waals surface area contributed by atoms with E-state index in [0.717, 1.165) is 23.9 Å². The molecule has 0 aromatic heterocycles. The molecule has 1 aliphatic rings. The second kappa shape index (κ2) is 8.01. The number of rotatable bonds is 6. The van der Waals surface area contributed by atoms with E-state index >= 15 is 0 Å². The molecule has 1 heterocycles. The quantitative estimate of drug-likeness (QED) is 0.426. The molecule has 0 spiro atoms. The number of unbranched alkanes of at least 4 members (excludes halogenated alkanes) is 1. The summed E-state index contributed by atoms with van der Waals surface area (Å²) in [5, 5.41) is 10.4. The molecular formula is C16H13F3NO3S2-. The van der Waals surface area contributed by atoms with Crippen molar-refractivity contribution >= 4 is 46.3 Å². The summed E-state index contributed by atoms with van der Waals surface area (Å²) in [7, 11) is 0. The van der Waals surface area contributed by atoms with E-state index in [9.17, 15) is 27.9 Å². The summed E-state index contributed by atoms with van der Waals surface area (Å²) < 4.78 is 38.0. The van der Waals surface area contributed by atoms with E-state index in [4.69, 9.17) is 12.2 Å². The summed E-state index contributed by atoms with van der Waals surface area (Å²) in [5.41, 5.74) is -0.296. The number of carbonyl (C=O) groups is 2. The minimum atomic E-state index is -4.41. The largest absolute Gasteiger partial charge is 0.550 e. The van der Waals surface area contributed by atoms with Crippen LogP contribution in [0.2, 0.25) is 0 Å². The maximum Gasteiger partial charge on any atom is 0.416 e. The van der Waals surface area contributed by atoms with Crippen LogP contribution in [-0.2, 0) is 15.8 Å². The maximum absolute atomic E-state index is 12.5. The number of nitrogens with zero attached hydrogens (tertiary/aromatic N) is 1. The first-order valence-electron chi connectivity index (χ1n) is 7.31. The lowest BCUT2D eigenvalue weighted by atomic mass is 10.1. The first kappa shape index (κ1) is 19.5. The molecule has 1 aliphatic heterocycles. The Morgan fingerprint density at radius 3 is 2.44 bits per heavy atom. The molecule has 0 aliphatic carbocycles. The third kappa shape index (κ3) is 5.30. The van der Waals surface area contributed by atoms with E-state index in [-0.39, 0.29) is 12.3 Å². The van der Waals surface area contributed by atoms with Crippen LogP contribution in [0.4, 0.5) is 13.2 Å². The number of halogens is 3. The van der Waals surface area contributed by atoms with Gasteiger partial charge in [-0.1, -0.05) is 36.1 Å². The van der Waals surface area contributed by atoms with Gasteiger partial charge in [-0.05, 0) is 43.0 Å². The van der Waals surface area contributed by atoms with Crippen molar-refractivity contribution in [2.24, 2.45) is 0 Å². The molecule has 1 aromatic rings. The van der Waals surface area contributed by atoms with Gasteiger partial charge in [0.15, 0.2) is 0 Å². The lowest BCUT2D eigenvalue weighted by Crippen LogP contribution is -2.29. The number of hydrogen-bond donors (Lipinski definition) is 0. The monoisotopic (exact) mass is 388 g/mol. The van der Waals surface area contributed by atoms with E-state index < -0.39 is 17.7 Å². The Bertz CT molecular complexity index is 714. The van der Waals surface area contributed by atoms with E-state index in [1.54, 1.807) is 0 Å². The molecule has 0 bridgehead atoms. The number of amides is 1. The van der Waals surface area contributed by atoms with Gasteiger partial charge in [0.2, 0.25) is 0 Å². The summed E-state index contributed by atoms with van der Waals surface area (Å²) in [6.07, 6.45) is -2.17. The van der Waals surface area contributed by atoms with Gasteiger partial charge in [-0.25, -0.2) is 0 Å². The number of carboxylic acid groups (broad SMARTS) is 1. The highest BCUT2D eigenvalue weighted by molar-refractivity contribution is 8.26. The fraction of sp³-hybridized carbons (Fsp3) is 0.312. The Labute approximate surface area is 151 Å². The lowest BCUT2D eigenvalue weighted by Gasteiger charge is -2.14. The van der Waals surface area contributed by atoms with Gasteiger partial charge < -0.3 is 9.90 Å². The second-order valence-corrected chi connectivity index (χ2v) is 6.96. The van der Waals surface area contributed by atoms with Crippen LogP contribution in [0.25, 0.3) is 6.08 Å². The maximum atomic E-state index is 12.5. The lowest BCUT2D eigenvalue weighted by molar-refractivity contribution is -0.305. The van der Waals surface area contributed by atoms with E-state index in [2.05, 4.69) is 0 Å².